The van der Waals surface area contributed by atoms with Crippen molar-refractivity contribution in [1.29, 1.82) is 0 Å². The molecule has 6 heterocycles. The van der Waals surface area contributed by atoms with E-state index in [0.29, 0.717) is 0 Å². The van der Waals surface area contributed by atoms with Crippen LogP contribution >= 0.6 is 0 Å². The van der Waals surface area contributed by atoms with Crippen molar-refractivity contribution in [2.24, 2.45) is 0 Å². The number of benzene rings is 1. The van der Waals surface area contributed by atoms with Crippen molar-refractivity contribution >= 4 is 33.4 Å². The van der Waals surface area contributed by atoms with E-state index in [0.717, 1.165) is 77.8 Å². The zero-order valence-corrected chi connectivity index (χ0v) is 41.3. The molecule has 1 aromatic rings. The van der Waals surface area contributed by atoms with E-state index in [1.165, 1.54) is 103 Å². The quantitative estimate of drug-likeness (QED) is 0.146. The Morgan fingerprint density at radius 2 is 0.333 bits per heavy atom. The number of nitrogens with zero attached hydrogens (tertiary/aromatic N) is 6. The summed E-state index contributed by atoms with van der Waals surface area (Å²) in [6.45, 7) is 19.7. The molecule has 348 valence electrons. The Hall–Kier alpha value is -5.88. The third-order valence-corrected chi connectivity index (χ3v) is 13.2. The van der Waals surface area contributed by atoms with Gasteiger partial charge in [-0.3, -0.25) is 0 Å². The van der Waals surface area contributed by atoms with Gasteiger partial charge in [-0.1, -0.05) is 80.1 Å². The Balaban J connectivity index is 1.76. The topological polar surface area (TPSA) is 19.4 Å². The minimum atomic E-state index is 1.01. The molecule has 0 spiro atoms. The first-order valence-corrected chi connectivity index (χ1v) is 25.7. The van der Waals surface area contributed by atoms with E-state index in [1.54, 1.807) is 0 Å². The average molecular weight is 883 g/mol. The van der Waals surface area contributed by atoms with E-state index in [1.807, 2.05) is 0 Å². The highest BCUT2D eigenvalue weighted by atomic mass is 15.1. The van der Waals surface area contributed by atoms with Crippen molar-refractivity contribution in [3.63, 3.8) is 0 Å². The summed E-state index contributed by atoms with van der Waals surface area (Å²) in [5, 5.41) is 7.60. The molecular formula is C60H78N6. The van der Waals surface area contributed by atoms with Crippen LogP contribution in [0.5, 0.6) is 0 Å². The van der Waals surface area contributed by atoms with Gasteiger partial charge in [0.15, 0.2) is 0 Å². The summed E-state index contributed by atoms with van der Waals surface area (Å²) in [6.07, 6.45) is 70.2. The molecule has 6 aliphatic heterocycles. The highest BCUT2D eigenvalue weighted by Crippen LogP contribution is 2.17. The van der Waals surface area contributed by atoms with Gasteiger partial charge in [0.2, 0.25) is 0 Å². The molecule has 0 radical (unpaired) electrons. The number of hydrogen-bond donors (Lipinski definition) is 0. The molecule has 0 amide bonds. The Labute approximate surface area is 397 Å². The van der Waals surface area contributed by atoms with Crippen LogP contribution in [0.3, 0.4) is 0 Å². The third kappa shape index (κ3) is 11.9. The molecule has 0 fully saturated rings. The Bertz CT molecular complexity index is 2040. The van der Waals surface area contributed by atoms with Crippen molar-refractivity contribution in [1.82, 2.24) is 29.4 Å². The van der Waals surface area contributed by atoms with Crippen LogP contribution < -0.4 is 31.3 Å². The van der Waals surface area contributed by atoms with Crippen molar-refractivity contribution < 1.29 is 0 Å². The van der Waals surface area contributed by atoms with Gasteiger partial charge in [0.25, 0.3) is 0 Å². The predicted molar refractivity (Wildman–Crippen MR) is 284 cm³/mol. The second kappa shape index (κ2) is 24.6. The molecule has 1 aromatic carbocycles. The van der Waals surface area contributed by atoms with Gasteiger partial charge in [0, 0.05) is 114 Å². The van der Waals surface area contributed by atoms with Gasteiger partial charge in [-0.15, -0.1) is 0 Å². The first kappa shape index (κ1) is 48.1. The summed E-state index contributed by atoms with van der Waals surface area (Å²) in [6, 6.07) is 0. The van der Waals surface area contributed by atoms with E-state index in [9.17, 15) is 0 Å². The summed E-state index contributed by atoms with van der Waals surface area (Å²) in [7, 11) is 0. The highest BCUT2D eigenvalue weighted by Gasteiger charge is 2.18. The fourth-order valence-electron chi connectivity index (χ4n) is 9.16. The van der Waals surface area contributed by atoms with Gasteiger partial charge in [-0.25, -0.2) is 0 Å². The van der Waals surface area contributed by atoms with Gasteiger partial charge in [-0.2, -0.15) is 0 Å². The van der Waals surface area contributed by atoms with Gasteiger partial charge < -0.3 is 29.4 Å². The zero-order chi connectivity index (χ0) is 46.1. The molecule has 0 N–H and O–H groups in total. The van der Waals surface area contributed by atoms with E-state index < -0.39 is 0 Å². The van der Waals surface area contributed by atoms with Crippen LogP contribution in [0, 0.1) is 0 Å². The van der Waals surface area contributed by atoms with Crippen LogP contribution in [-0.4, -0.2) is 68.7 Å². The lowest BCUT2D eigenvalue weighted by Crippen LogP contribution is -2.68. The maximum Gasteiger partial charge on any atom is 0.0219 e. The molecule has 6 heteroatoms. The summed E-state index contributed by atoms with van der Waals surface area (Å²) in [4.78, 5) is 14.1. The summed E-state index contributed by atoms with van der Waals surface area (Å²) in [5.74, 6) is 0. The van der Waals surface area contributed by atoms with E-state index in [4.69, 9.17) is 0 Å². The summed E-state index contributed by atoms with van der Waals surface area (Å²) in [5.41, 5.74) is 7.34. The molecule has 0 aromatic heterocycles. The minimum Gasteiger partial charge on any atom is -0.354 e. The molecule has 6 aliphatic rings. The molecule has 0 aliphatic carbocycles. The van der Waals surface area contributed by atoms with Gasteiger partial charge in [0.1, 0.15) is 0 Å². The number of unbranched alkanes of at least 4 members (excludes halogenated alkanes) is 6. The SMILES string of the molecule is CCCCN1C=CC(=c2c(=C3C=CN(CCCC)C=C3)c(=C3C=CN(CCCC)C=C3)c(=C3C=CN(CCCC)C=C3)c(=C3C=CN(CCCC)C=C3)c2=C2C=CN(CCCC)C=C2)C=C1. The Morgan fingerprint density at radius 1 is 0.212 bits per heavy atom. The summed E-state index contributed by atoms with van der Waals surface area (Å²) < 4.78 is 0. The normalized spacial score (nSPS) is 17.5. The smallest absolute Gasteiger partial charge is 0.0219 e. The maximum absolute atomic E-state index is 2.38. The van der Waals surface area contributed by atoms with Gasteiger partial charge in [-0.05, 0) is 176 Å². The molecule has 66 heavy (non-hydrogen) atoms. The standard InChI is InChI=1S/C60H78N6/c1-7-13-31-61-37-19-49(20-38-61)55-56(50-21-39-62(40-22-50)32-14-8-2)58(52-25-43-64(44-26-52)34-16-10-4)60(54-29-47-66(48-30-54)36-18-12-6)59(53-27-45-65(46-28-53)35-17-11-5)57(55)51-23-41-63(42-24-51)33-15-9-3/h19-30,37-48H,7-18,31-36H2,1-6H3. The van der Waals surface area contributed by atoms with Crippen LogP contribution in [0.2, 0.25) is 0 Å². The fraction of sp³-hybridized carbons (Fsp3) is 0.400. The van der Waals surface area contributed by atoms with Gasteiger partial charge in [0.05, 0.1) is 0 Å². The van der Waals surface area contributed by atoms with Crippen LogP contribution in [0.15, 0.2) is 147 Å². The largest absolute Gasteiger partial charge is 0.354 e. The molecule has 0 saturated heterocycles. The fourth-order valence-corrected chi connectivity index (χ4v) is 9.16. The second-order valence-corrected chi connectivity index (χ2v) is 18.3. The Kier molecular flexibility index (Phi) is 17.9. The third-order valence-electron chi connectivity index (χ3n) is 13.2. The molecule has 0 bridgehead atoms. The minimum absolute atomic E-state index is 1.01. The lowest BCUT2D eigenvalue weighted by atomic mass is 9.89. The first-order valence-electron chi connectivity index (χ1n) is 25.7. The van der Waals surface area contributed by atoms with Crippen molar-refractivity contribution in [3.8, 4) is 0 Å². The number of allylic oxidation sites excluding steroid dienone is 12. The maximum atomic E-state index is 2.38. The van der Waals surface area contributed by atoms with Crippen LogP contribution in [-0.2, 0) is 0 Å². The first-order chi connectivity index (χ1) is 32.5. The van der Waals surface area contributed by atoms with E-state index in [2.05, 4.69) is 218 Å². The van der Waals surface area contributed by atoms with Crippen molar-refractivity contribution in [3.05, 3.63) is 179 Å². The predicted octanol–water partition coefficient (Wildman–Crippen LogP) is 9.45. The lowest BCUT2D eigenvalue weighted by Gasteiger charge is -2.23. The monoisotopic (exact) mass is 883 g/mol. The average Bonchev–Trinajstić information content (AvgIpc) is 3.37. The van der Waals surface area contributed by atoms with Crippen LogP contribution in [0.4, 0.5) is 0 Å². The molecule has 0 atom stereocenters. The Morgan fingerprint density at radius 3 is 0.439 bits per heavy atom. The van der Waals surface area contributed by atoms with Crippen molar-refractivity contribution in [2.75, 3.05) is 39.3 Å². The number of hydrogen-bond acceptors (Lipinski definition) is 6. The van der Waals surface area contributed by atoms with E-state index in [-0.39, 0.29) is 0 Å². The molecular weight excluding hydrogens is 805 g/mol. The molecule has 6 nitrogen and oxygen atoms in total. The van der Waals surface area contributed by atoms with Gasteiger partial charge >= 0.3 is 0 Å². The van der Waals surface area contributed by atoms with Crippen LogP contribution in [0.25, 0.3) is 33.4 Å². The van der Waals surface area contributed by atoms with E-state index >= 15 is 0 Å². The van der Waals surface area contributed by atoms with Crippen molar-refractivity contribution in [2.45, 2.75) is 119 Å². The highest BCUT2D eigenvalue weighted by molar-refractivity contribution is 5.82. The molecule has 7 rings (SSSR count). The number of rotatable bonds is 18. The molecule has 0 unspecified atom stereocenters. The zero-order valence-electron chi connectivity index (χ0n) is 41.3. The lowest BCUT2D eigenvalue weighted by molar-refractivity contribution is 0.483. The molecule has 0 saturated carbocycles. The second-order valence-electron chi connectivity index (χ2n) is 18.3. The van der Waals surface area contributed by atoms with Crippen LogP contribution in [0.1, 0.15) is 119 Å². The summed E-state index contributed by atoms with van der Waals surface area (Å²) >= 11 is 0.